The van der Waals surface area contributed by atoms with Gasteiger partial charge >= 0.3 is 5.97 Å². The van der Waals surface area contributed by atoms with Gasteiger partial charge in [-0.05, 0) is 38.1 Å². The lowest BCUT2D eigenvalue weighted by Gasteiger charge is -2.24. The first-order valence-electron chi connectivity index (χ1n) is 6.66. The largest absolute Gasteiger partial charge is 0.480 e. The van der Waals surface area contributed by atoms with E-state index >= 15 is 0 Å². The lowest BCUT2D eigenvalue weighted by Crippen LogP contribution is -2.42. The monoisotopic (exact) mass is 323 g/mol. The highest BCUT2D eigenvalue weighted by Crippen LogP contribution is 2.22. The molecule has 7 heteroatoms. The second-order valence-corrected chi connectivity index (χ2v) is 6.85. The highest BCUT2D eigenvalue weighted by molar-refractivity contribution is 7.89. The molecule has 1 N–H and O–H groups in total. The van der Waals surface area contributed by atoms with Crippen molar-refractivity contribution in [3.8, 4) is 0 Å². The molecule has 2 rings (SSSR count). The van der Waals surface area contributed by atoms with Gasteiger partial charge in [-0.15, -0.1) is 0 Å². The average molecular weight is 323 g/mol. The molecule has 1 heterocycles. The van der Waals surface area contributed by atoms with Crippen LogP contribution in [0.5, 0.6) is 0 Å². The van der Waals surface area contributed by atoms with Gasteiger partial charge in [-0.1, -0.05) is 17.7 Å². The molecule has 1 atom stereocenters. The summed E-state index contributed by atoms with van der Waals surface area (Å²) in [5, 5.41) is 9.20. The maximum atomic E-state index is 12.7. The number of hydrogen-bond acceptors (Lipinski definition) is 4. The van der Waals surface area contributed by atoms with Crippen LogP contribution in [-0.2, 0) is 21.4 Å². The number of aliphatic carboxylic acids is 1. The smallest absolute Gasteiger partial charge is 0.321 e. The van der Waals surface area contributed by atoms with E-state index in [-0.39, 0.29) is 11.4 Å². The molecule has 2 aromatic rings. The first-order chi connectivity index (χ1) is 10.3. The van der Waals surface area contributed by atoms with Crippen LogP contribution < -0.4 is 0 Å². The minimum Gasteiger partial charge on any atom is -0.480 e. The van der Waals surface area contributed by atoms with Gasteiger partial charge in [0.15, 0.2) is 0 Å². The second-order valence-electron chi connectivity index (χ2n) is 4.96. The zero-order chi connectivity index (χ0) is 16.3. The van der Waals surface area contributed by atoms with Crippen molar-refractivity contribution in [1.82, 2.24) is 4.31 Å². The van der Waals surface area contributed by atoms with Gasteiger partial charge in [0, 0.05) is 0 Å². The maximum absolute atomic E-state index is 12.7. The molecule has 0 saturated carbocycles. The van der Waals surface area contributed by atoms with E-state index in [1.165, 1.54) is 25.3 Å². The van der Waals surface area contributed by atoms with E-state index in [0.29, 0.717) is 5.76 Å². The summed E-state index contributed by atoms with van der Waals surface area (Å²) in [4.78, 5) is 11.3. The summed E-state index contributed by atoms with van der Waals surface area (Å²) in [7, 11) is -3.95. The summed E-state index contributed by atoms with van der Waals surface area (Å²) in [5.74, 6) is -0.842. The first kappa shape index (κ1) is 16.3. The van der Waals surface area contributed by atoms with Crippen molar-refractivity contribution in [3.05, 3.63) is 54.0 Å². The lowest BCUT2D eigenvalue weighted by molar-refractivity contribution is -0.141. The second kappa shape index (κ2) is 6.33. The summed E-state index contributed by atoms with van der Waals surface area (Å²) in [6.45, 7) is 3.03. The molecule has 0 spiro atoms. The van der Waals surface area contributed by atoms with E-state index in [1.54, 1.807) is 24.3 Å². The predicted octanol–water partition coefficient (Wildman–Crippen LogP) is 2.25. The summed E-state index contributed by atoms with van der Waals surface area (Å²) in [5.41, 5.74) is 0.919. The molecule has 0 aliphatic carbocycles. The number of carboxylic acids is 1. The Kier molecular flexibility index (Phi) is 4.68. The average Bonchev–Trinajstić information content (AvgIpc) is 2.97. The maximum Gasteiger partial charge on any atom is 0.321 e. The fourth-order valence-electron chi connectivity index (χ4n) is 1.96. The molecule has 0 aliphatic heterocycles. The minimum atomic E-state index is -3.95. The van der Waals surface area contributed by atoms with E-state index in [2.05, 4.69) is 0 Å². The number of nitrogens with zero attached hydrogens (tertiary/aromatic N) is 1. The van der Waals surface area contributed by atoms with Crippen LogP contribution in [0.1, 0.15) is 18.2 Å². The van der Waals surface area contributed by atoms with Gasteiger partial charge in [0.25, 0.3) is 0 Å². The fourth-order valence-corrected chi connectivity index (χ4v) is 3.51. The molecular weight excluding hydrogens is 306 g/mol. The fraction of sp³-hybridized carbons (Fsp3) is 0.267. The molecule has 118 valence electrons. The van der Waals surface area contributed by atoms with E-state index < -0.39 is 22.0 Å². The highest BCUT2D eigenvalue weighted by atomic mass is 32.2. The molecule has 6 nitrogen and oxygen atoms in total. The number of carbonyl (C=O) groups is 1. The minimum absolute atomic E-state index is 0.0535. The van der Waals surface area contributed by atoms with Gasteiger partial charge in [0.05, 0.1) is 17.7 Å². The number of furan rings is 1. The van der Waals surface area contributed by atoms with E-state index in [4.69, 9.17) is 4.42 Å². The van der Waals surface area contributed by atoms with Crippen LogP contribution in [-0.4, -0.2) is 29.8 Å². The number of sulfonamides is 1. The molecule has 22 heavy (non-hydrogen) atoms. The zero-order valence-electron chi connectivity index (χ0n) is 12.3. The van der Waals surface area contributed by atoms with E-state index in [9.17, 15) is 18.3 Å². The van der Waals surface area contributed by atoms with Crippen molar-refractivity contribution in [3.63, 3.8) is 0 Å². The Balaban J connectivity index is 2.42. The Morgan fingerprint density at radius 2 is 1.91 bits per heavy atom. The van der Waals surface area contributed by atoms with Gasteiger partial charge in [-0.2, -0.15) is 4.31 Å². The Morgan fingerprint density at radius 1 is 1.27 bits per heavy atom. The lowest BCUT2D eigenvalue weighted by atomic mass is 10.2. The van der Waals surface area contributed by atoms with Crippen LogP contribution in [0, 0.1) is 6.92 Å². The first-order valence-corrected chi connectivity index (χ1v) is 8.10. The van der Waals surface area contributed by atoms with Gasteiger partial charge in [-0.3, -0.25) is 4.79 Å². The highest BCUT2D eigenvalue weighted by Gasteiger charge is 2.33. The topological polar surface area (TPSA) is 87.8 Å². The molecule has 0 radical (unpaired) electrons. The normalized spacial score (nSPS) is 13.2. The third-order valence-electron chi connectivity index (χ3n) is 3.31. The van der Waals surface area contributed by atoms with Crippen LogP contribution in [0.15, 0.2) is 52.0 Å². The quantitative estimate of drug-likeness (QED) is 0.881. The van der Waals surface area contributed by atoms with Crippen LogP contribution in [0.4, 0.5) is 0 Å². The Hall–Kier alpha value is -2.12. The summed E-state index contributed by atoms with van der Waals surface area (Å²) in [6, 6.07) is 8.29. The molecule has 1 unspecified atom stereocenters. The van der Waals surface area contributed by atoms with Gasteiger partial charge in [-0.25, -0.2) is 8.42 Å². The van der Waals surface area contributed by atoms with E-state index in [1.807, 2.05) is 6.92 Å². The molecule has 0 bridgehead atoms. The van der Waals surface area contributed by atoms with Crippen molar-refractivity contribution in [2.24, 2.45) is 0 Å². The zero-order valence-corrected chi connectivity index (χ0v) is 13.1. The van der Waals surface area contributed by atoms with Crippen molar-refractivity contribution in [2.45, 2.75) is 31.3 Å². The van der Waals surface area contributed by atoms with Crippen LogP contribution >= 0.6 is 0 Å². The van der Waals surface area contributed by atoms with Gasteiger partial charge in [0.2, 0.25) is 10.0 Å². The van der Waals surface area contributed by atoms with Crippen LogP contribution in [0.3, 0.4) is 0 Å². The van der Waals surface area contributed by atoms with E-state index in [0.717, 1.165) is 9.87 Å². The summed E-state index contributed by atoms with van der Waals surface area (Å²) >= 11 is 0. The number of aryl methyl sites for hydroxylation is 1. The summed E-state index contributed by atoms with van der Waals surface area (Å²) in [6.07, 6.45) is 1.41. The number of hydrogen-bond donors (Lipinski definition) is 1. The van der Waals surface area contributed by atoms with Crippen molar-refractivity contribution in [2.75, 3.05) is 0 Å². The Labute approximate surface area is 129 Å². The van der Waals surface area contributed by atoms with Crippen LogP contribution in [0.25, 0.3) is 0 Å². The molecule has 0 aliphatic rings. The molecular formula is C15H17NO5S. The van der Waals surface area contributed by atoms with Gasteiger partial charge < -0.3 is 9.52 Å². The third-order valence-corrected chi connectivity index (χ3v) is 5.24. The van der Waals surface area contributed by atoms with Crippen molar-refractivity contribution in [1.29, 1.82) is 0 Å². The van der Waals surface area contributed by atoms with Gasteiger partial charge in [0.1, 0.15) is 11.8 Å². The summed E-state index contributed by atoms with van der Waals surface area (Å²) < 4.78 is 31.5. The molecule has 0 amide bonds. The third kappa shape index (κ3) is 3.37. The Morgan fingerprint density at radius 3 is 2.41 bits per heavy atom. The SMILES string of the molecule is Cc1ccc(S(=O)(=O)N(Cc2ccco2)C(C)C(=O)O)cc1. The Bertz CT molecular complexity index is 735. The van der Waals surface area contributed by atoms with Crippen LogP contribution in [0.2, 0.25) is 0 Å². The van der Waals surface area contributed by atoms with Crippen molar-refractivity contribution < 1.29 is 22.7 Å². The molecule has 1 aromatic carbocycles. The molecule has 0 fully saturated rings. The number of benzene rings is 1. The number of rotatable bonds is 6. The standard InChI is InChI=1S/C15H17NO5S/c1-11-5-7-14(8-6-11)22(19,20)16(12(2)15(17)18)10-13-4-3-9-21-13/h3-9,12H,10H2,1-2H3,(H,17,18). The number of carboxylic acid groups (broad SMARTS) is 1. The predicted molar refractivity (Wildman–Crippen MR) is 79.7 cm³/mol. The van der Waals surface area contributed by atoms with Crippen molar-refractivity contribution >= 4 is 16.0 Å². The molecule has 0 saturated heterocycles. The molecule has 1 aromatic heterocycles.